The van der Waals surface area contributed by atoms with Crippen LogP contribution in [0.15, 0.2) is 176 Å². The first-order chi connectivity index (χ1) is 23.5. The standard InChI is InChI=1S/C43H32Si2/c1-31-28-34(44(32-16-4-2-5-17-32)40-24-12-8-20-36(40)37-21-9-13-25-41(37)44)30-35(29-31)45(33-18-6-3-7-19-33)42-26-14-10-22-38(42)39-23-11-15-27-43(39)45/h2-30H,1H3/i28D,29D,30D. The molecule has 0 saturated heterocycles. The van der Waals surface area contributed by atoms with Crippen LogP contribution < -0.4 is 41.5 Å². The lowest BCUT2D eigenvalue weighted by atomic mass is 10.1. The summed E-state index contributed by atoms with van der Waals surface area (Å²) in [5.41, 5.74) is 5.38. The van der Waals surface area contributed by atoms with E-state index in [0.29, 0.717) is 23.7 Å². The maximum Gasteiger partial charge on any atom is 0.180 e. The van der Waals surface area contributed by atoms with Crippen LogP contribution in [0, 0.1) is 6.92 Å². The Hall–Kier alpha value is -5.03. The first kappa shape index (κ1) is 23.4. The molecular weight excluding hydrogens is 573 g/mol. The molecule has 0 atom stereocenters. The molecule has 0 aromatic heterocycles. The monoisotopic (exact) mass is 607 g/mol. The summed E-state index contributed by atoms with van der Waals surface area (Å²) in [6.07, 6.45) is 0. The highest BCUT2D eigenvalue weighted by molar-refractivity contribution is 7.24. The minimum atomic E-state index is -3.20. The number of hydrogen-bond acceptors (Lipinski definition) is 0. The van der Waals surface area contributed by atoms with E-state index in [0.717, 1.165) is 20.7 Å². The third-order valence-electron chi connectivity index (χ3n) is 9.94. The predicted molar refractivity (Wildman–Crippen MR) is 196 cm³/mol. The third kappa shape index (κ3) is 3.52. The Morgan fingerprint density at radius 2 is 0.622 bits per heavy atom. The molecule has 0 spiro atoms. The Bertz CT molecular complexity index is 2150. The lowest BCUT2D eigenvalue weighted by Gasteiger charge is -2.35. The average molecular weight is 608 g/mol. The van der Waals surface area contributed by atoms with Crippen molar-refractivity contribution < 1.29 is 4.11 Å². The molecule has 0 amide bonds. The Morgan fingerprint density at radius 3 is 0.956 bits per heavy atom. The van der Waals surface area contributed by atoms with Gasteiger partial charge in [-0.05, 0) is 70.7 Å². The Morgan fingerprint density at radius 1 is 0.333 bits per heavy atom. The van der Waals surface area contributed by atoms with Crippen molar-refractivity contribution in [2.45, 2.75) is 6.92 Å². The highest BCUT2D eigenvalue weighted by atomic mass is 28.3. The fourth-order valence-corrected chi connectivity index (χ4v) is 18.5. The summed E-state index contributed by atoms with van der Waals surface area (Å²) >= 11 is 0. The summed E-state index contributed by atoms with van der Waals surface area (Å²) in [4.78, 5) is 0. The zero-order valence-corrected chi connectivity index (χ0v) is 27.0. The lowest BCUT2D eigenvalue weighted by Crippen LogP contribution is -2.76. The molecule has 0 unspecified atom stereocenters. The van der Waals surface area contributed by atoms with Gasteiger partial charge in [-0.3, -0.25) is 0 Å². The van der Waals surface area contributed by atoms with E-state index in [9.17, 15) is 4.11 Å². The van der Waals surface area contributed by atoms with Gasteiger partial charge in [-0.15, -0.1) is 0 Å². The molecule has 0 N–H and O–H groups in total. The molecule has 7 aromatic carbocycles. The first-order valence-corrected chi connectivity index (χ1v) is 19.6. The van der Waals surface area contributed by atoms with Crippen molar-refractivity contribution >= 4 is 57.6 Å². The van der Waals surface area contributed by atoms with E-state index in [1.54, 1.807) is 0 Å². The molecule has 0 fully saturated rings. The van der Waals surface area contributed by atoms with Crippen LogP contribution in [-0.2, 0) is 0 Å². The summed E-state index contributed by atoms with van der Waals surface area (Å²) in [6.45, 7) is 1.94. The van der Waals surface area contributed by atoms with Gasteiger partial charge >= 0.3 is 0 Å². The quantitative estimate of drug-likeness (QED) is 0.254. The van der Waals surface area contributed by atoms with Crippen molar-refractivity contribution in [3.8, 4) is 22.3 Å². The van der Waals surface area contributed by atoms with Crippen molar-refractivity contribution in [1.29, 1.82) is 0 Å². The maximum absolute atomic E-state index is 10.6. The van der Waals surface area contributed by atoms with Crippen LogP contribution in [0.25, 0.3) is 22.3 Å². The highest BCUT2D eigenvalue weighted by Gasteiger charge is 2.52. The van der Waals surface area contributed by atoms with Gasteiger partial charge in [0, 0.05) is 0 Å². The molecular formula is C43H32Si2. The molecule has 0 aliphatic carbocycles. The summed E-state index contributed by atoms with van der Waals surface area (Å²) in [5.74, 6) is 0. The van der Waals surface area contributed by atoms with Gasteiger partial charge in [-0.1, -0.05) is 181 Å². The van der Waals surface area contributed by atoms with Gasteiger partial charge in [0.05, 0.1) is 4.11 Å². The molecule has 2 heteroatoms. The fourth-order valence-electron chi connectivity index (χ4n) is 8.26. The van der Waals surface area contributed by atoms with Crippen LogP contribution in [0.2, 0.25) is 0 Å². The van der Waals surface area contributed by atoms with E-state index in [1.807, 2.05) is 6.92 Å². The molecule has 0 radical (unpaired) electrons. The SMILES string of the molecule is [2H]c1c(C)c([2H])c([Si]2(c3ccccc3)c3ccccc3-c3ccccc32)c([2H])c1[Si]1(c2ccccc2)c2ccccc2-c2ccccc21. The van der Waals surface area contributed by atoms with E-state index in [-0.39, 0.29) is 0 Å². The van der Waals surface area contributed by atoms with E-state index < -0.39 is 16.1 Å². The Balaban J connectivity index is 1.51. The average Bonchev–Trinajstić information content (AvgIpc) is 3.61. The number of hydrogen-bond donors (Lipinski definition) is 0. The van der Waals surface area contributed by atoms with Crippen molar-refractivity contribution in [3.05, 3.63) is 181 Å². The molecule has 2 aliphatic rings. The maximum atomic E-state index is 10.6. The Labute approximate surface area is 271 Å². The molecule has 0 saturated carbocycles. The van der Waals surface area contributed by atoms with Crippen molar-refractivity contribution in [1.82, 2.24) is 0 Å². The summed E-state index contributed by atoms with van der Waals surface area (Å²) in [5, 5.41) is 8.76. The smallest absolute Gasteiger partial charge is 0.0623 e. The molecule has 2 heterocycles. The minimum absolute atomic E-state index is 0.326. The molecule has 212 valence electrons. The van der Waals surface area contributed by atoms with Gasteiger partial charge in [0.1, 0.15) is 0 Å². The van der Waals surface area contributed by atoms with Gasteiger partial charge < -0.3 is 0 Å². The van der Waals surface area contributed by atoms with Crippen molar-refractivity contribution in [2.75, 3.05) is 0 Å². The topological polar surface area (TPSA) is 0 Å². The summed E-state index contributed by atoms with van der Waals surface area (Å²) in [6, 6.07) is 56.9. The van der Waals surface area contributed by atoms with Gasteiger partial charge in [0.2, 0.25) is 0 Å². The van der Waals surface area contributed by atoms with Gasteiger partial charge in [-0.2, -0.15) is 0 Å². The van der Waals surface area contributed by atoms with E-state index in [1.165, 1.54) is 43.0 Å². The van der Waals surface area contributed by atoms with Gasteiger partial charge in [0.15, 0.2) is 16.1 Å². The van der Waals surface area contributed by atoms with E-state index in [2.05, 4.69) is 158 Å². The van der Waals surface area contributed by atoms with Crippen LogP contribution >= 0.6 is 0 Å². The van der Waals surface area contributed by atoms with Crippen LogP contribution in [0.4, 0.5) is 0 Å². The Kier molecular flexibility index (Phi) is 5.19. The molecule has 2 aliphatic heterocycles. The van der Waals surface area contributed by atoms with Crippen molar-refractivity contribution in [2.24, 2.45) is 0 Å². The number of benzene rings is 7. The molecule has 0 bridgehead atoms. The second-order valence-electron chi connectivity index (χ2n) is 12.2. The molecule has 7 aromatic rings. The van der Waals surface area contributed by atoms with Crippen LogP contribution in [0.5, 0.6) is 0 Å². The minimum Gasteiger partial charge on any atom is -0.0623 e. The number of fused-ring (bicyclic) bond motifs is 6. The van der Waals surface area contributed by atoms with Gasteiger partial charge in [0.25, 0.3) is 0 Å². The zero-order chi connectivity index (χ0) is 32.6. The summed E-state index contributed by atoms with van der Waals surface area (Å²) in [7, 11) is -6.41. The second-order valence-corrected chi connectivity index (χ2v) is 19.5. The van der Waals surface area contributed by atoms with Crippen molar-refractivity contribution in [3.63, 3.8) is 0 Å². The van der Waals surface area contributed by atoms with Gasteiger partial charge in [-0.25, -0.2) is 0 Å². The third-order valence-corrected chi connectivity index (χ3v) is 19.3. The number of rotatable bonds is 4. The normalized spacial score (nSPS) is 15.6. The zero-order valence-electron chi connectivity index (χ0n) is 28.0. The lowest BCUT2D eigenvalue weighted by molar-refractivity contribution is 1.50. The summed E-state index contributed by atoms with van der Waals surface area (Å²) < 4.78 is 30.5. The van der Waals surface area contributed by atoms with E-state index >= 15 is 0 Å². The fraction of sp³-hybridized carbons (Fsp3) is 0.0233. The predicted octanol–water partition coefficient (Wildman–Crippen LogP) is 4.71. The second kappa shape index (κ2) is 10.00. The molecule has 0 nitrogen and oxygen atoms in total. The van der Waals surface area contributed by atoms with Crippen LogP contribution in [0.1, 0.15) is 9.68 Å². The van der Waals surface area contributed by atoms with Crippen LogP contribution in [0.3, 0.4) is 0 Å². The largest absolute Gasteiger partial charge is 0.180 e. The van der Waals surface area contributed by atoms with E-state index in [4.69, 9.17) is 0 Å². The first-order valence-electron chi connectivity index (χ1n) is 17.1. The molecule has 45 heavy (non-hydrogen) atoms. The molecule has 9 rings (SSSR count). The highest BCUT2D eigenvalue weighted by Crippen LogP contribution is 2.30. The van der Waals surface area contributed by atoms with Crippen LogP contribution in [-0.4, -0.2) is 16.1 Å².